The topological polar surface area (TPSA) is 3.24 Å². The summed E-state index contributed by atoms with van der Waals surface area (Å²) >= 11 is 1.75. The highest BCUT2D eigenvalue weighted by molar-refractivity contribution is 7.10. The molecule has 0 aliphatic carbocycles. The largest absolute Gasteiger partial charge is 0.310 e. The van der Waals surface area contributed by atoms with Gasteiger partial charge in [-0.3, -0.25) is 0 Å². The minimum Gasteiger partial charge on any atom is -0.310 e. The van der Waals surface area contributed by atoms with Crippen LogP contribution in [0.5, 0.6) is 0 Å². The van der Waals surface area contributed by atoms with Crippen LogP contribution in [0.1, 0.15) is 38.3 Å². The minimum absolute atomic E-state index is 0.933. The molecule has 6 aromatic rings. The first-order chi connectivity index (χ1) is 20.7. The van der Waals surface area contributed by atoms with E-state index < -0.39 is 0 Å². The standard InChI is InChI=1S/C40H33NS/c1-31-29-36(30-35-9-4-2-5-10-35)23-27-40(31)41(37-11-6-3-7-12-37)38-24-20-34(21-25-38)19-16-32-14-17-33(18-15-32)22-26-39-13-8-28-42-39/h2-29H,30H2,1H3/b19-16+,26-22+. The number of aryl methyl sites for hydroxylation is 1. The maximum Gasteiger partial charge on any atom is 0.0490 e. The van der Waals surface area contributed by atoms with E-state index in [1.165, 1.54) is 43.9 Å². The number of benzene rings is 5. The third-order valence-electron chi connectivity index (χ3n) is 7.31. The zero-order valence-corrected chi connectivity index (χ0v) is 24.5. The fraction of sp³-hybridized carbons (Fsp3) is 0.0500. The van der Waals surface area contributed by atoms with Crippen LogP contribution in [0, 0.1) is 6.92 Å². The molecule has 0 aliphatic rings. The Morgan fingerprint density at radius 3 is 1.69 bits per heavy atom. The number of para-hydroxylation sites is 1. The quantitative estimate of drug-likeness (QED) is 0.159. The van der Waals surface area contributed by atoms with Crippen LogP contribution in [-0.2, 0) is 6.42 Å². The van der Waals surface area contributed by atoms with Crippen molar-refractivity contribution in [1.82, 2.24) is 0 Å². The fourth-order valence-electron chi connectivity index (χ4n) is 5.12. The molecule has 1 heterocycles. The van der Waals surface area contributed by atoms with Crippen LogP contribution in [-0.4, -0.2) is 0 Å². The summed E-state index contributed by atoms with van der Waals surface area (Å²) in [5.41, 5.74) is 10.9. The molecule has 0 saturated carbocycles. The van der Waals surface area contributed by atoms with Gasteiger partial charge < -0.3 is 4.90 Å². The summed E-state index contributed by atoms with van der Waals surface area (Å²) < 4.78 is 0. The molecule has 1 nitrogen and oxygen atoms in total. The van der Waals surface area contributed by atoms with Crippen LogP contribution in [0.3, 0.4) is 0 Å². The average molecular weight is 560 g/mol. The van der Waals surface area contributed by atoms with Gasteiger partial charge in [0.15, 0.2) is 0 Å². The molecule has 204 valence electrons. The van der Waals surface area contributed by atoms with E-state index in [0.29, 0.717) is 0 Å². The number of hydrogen-bond donors (Lipinski definition) is 0. The average Bonchev–Trinajstić information content (AvgIpc) is 3.56. The number of thiophene rings is 1. The van der Waals surface area contributed by atoms with Crippen LogP contribution in [0.4, 0.5) is 17.1 Å². The lowest BCUT2D eigenvalue weighted by molar-refractivity contribution is 1.17. The molecule has 42 heavy (non-hydrogen) atoms. The molecule has 1 aromatic heterocycles. The van der Waals surface area contributed by atoms with Crippen molar-refractivity contribution in [1.29, 1.82) is 0 Å². The predicted molar refractivity (Wildman–Crippen MR) is 184 cm³/mol. The van der Waals surface area contributed by atoms with Gasteiger partial charge in [0.1, 0.15) is 0 Å². The van der Waals surface area contributed by atoms with Crippen LogP contribution in [0.15, 0.2) is 145 Å². The van der Waals surface area contributed by atoms with Crippen LogP contribution < -0.4 is 4.90 Å². The second-order valence-electron chi connectivity index (χ2n) is 10.4. The van der Waals surface area contributed by atoms with Gasteiger partial charge in [0.05, 0.1) is 0 Å². The highest BCUT2D eigenvalue weighted by atomic mass is 32.1. The normalized spacial score (nSPS) is 11.4. The van der Waals surface area contributed by atoms with E-state index in [1.54, 1.807) is 11.3 Å². The first kappa shape index (κ1) is 27.3. The molecular weight excluding hydrogens is 527 g/mol. The molecule has 2 heteroatoms. The second kappa shape index (κ2) is 13.2. The number of rotatable bonds is 9. The van der Waals surface area contributed by atoms with Crippen molar-refractivity contribution in [2.24, 2.45) is 0 Å². The Balaban J connectivity index is 1.20. The molecule has 0 atom stereocenters. The number of hydrogen-bond acceptors (Lipinski definition) is 2. The summed E-state index contributed by atoms with van der Waals surface area (Å²) in [7, 11) is 0. The van der Waals surface area contributed by atoms with Crippen LogP contribution in [0.25, 0.3) is 24.3 Å². The van der Waals surface area contributed by atoms with Crippen molar-refractivity contribution in [3.63, 3.8) is 0 Å². The molecule has 0 radical (unpaired) electrons. The first-order valence-electron chi connectivity index (χ1n) is 14.3. The van der Waals surface area contributed by atoms with E-state index in [0.717, 1.165) is 17.8 Å². The molecule has 6 rings (SSSR count). The zero-order valence-electron chi connectivity index (χ0n) is 23.7. The Labute approximate surface area is 253 Å². The zero-order chi connectivity index (χ0) is 28.6. The third kappa shape index (κ3) is 6.86. The molecule has 0 saturated heterocycles. The van der Waals surface area contributed by atoms with Gasteiger partial charge in [0, 0.05) is 21.9 Å². The van der Waals surface area contributed by atoms with Crippen molar-refractivity contribution in [2.45, 2.75) is 13.3 Å². The summed E-state index contributed by atoms with van der Waals surface area (Å²) in [6, 6.07) is 49.8. The summed E-state index contributed by atoms with van der Waals surface area (Å²) in [5, 5.41) is 2.10. The Morgan fingerprint density at radius 2 is 1.10 bits per heavy atom. The van der Waals surface area contributed by atoms with E-state index in [2.05, 4.69) is 181 Å². The van der Waals surface area contributed by atoms with Gasteiger partial charge in [-0.1, -0.05) is 121 Å². The van der Waals surface area contributed by atoms with Gasteiger partial charge >= 0.3 is 0 Å². The SMILES string of the molecule is Cc1cc(Cc2ccccc2)ccc1N(c1ccccc1)c1ccc(/C=C/c2ccc(/C=C/c3cccs3)cc2)cc1. The molecule has 0 bridgehead atoms. The van der Waals surface area contributed by atoms with E-state index in [1.807, 2.05) is 0 Å². The molecule has 0 spiro atoms. The number of nitrogens with zero attached hydrogens (tertiary/aromatic N) is 1. The monoisotopic (exact) mass is 559 g/mol. The highest BCUT2D eigenvalue weighted by Gasteiger charge is 2.15. The Bertz CT molecular complexity index is 1760. The van der Waals surface area contributed by atoms with Gasteiger partial charge in [-0.25, -0.2) is 0 Å². The van der Waals surface area contributed by atoms with E-state index in [9.17, 15) is 0 Å². The summed E-state index contributed by atoms with van der Waals surface area (Å²) in [6.07, 6.45) is 9.61. The van der Waals surface area contributed by atoms with Gasteiger partial charge in [-0.05, 0) is 94.6 Å². The summed E-state index contributed by atoms with van der Waals surface area (Å²) in [5.74, 6) is 0. The third-order valence-corrected chi connectivity index (χ3v) is 8.14. The Kier molecular flexibility index (Phi) is 8.54. The summed E-state index contributed by atoms with van der Waals surface area (Å²) in [4.78, 5) is 3.61. The lowest BCUT2D eigenvalue weighted by atomic mass is 10.0. The lowest BCUT2D eigenvalue weighted by Crippen LogP contribution is -2.11. The summed E-state index contributed by atoms with van der Waals surface area (Å²) in [6.45, 7) is 2.21. The maximum absolute atomic E-state index is 2.34. The molecule has 0 amide bonds. The molecule has 0 N–H and O–H groups in total. The molecule has 5 aromatic carbocycles. The van der Waals surface area contributed by atoms with Gasteiger partial charge in [-0.2, -0.15) is 0 Å². The molecular formula is C40H33NS. The minimum atomic E-state index is 0.933. The smallest absolute Gasteiger partial charge is 0.0490 e. The second-order valence-corrected chi connectivity index (χ2v) is 11.4. The maximum atomic E-state index is 2.34. The van der Waals surface area contributed by atoms with Gasteiger partial charge in [0.2, 0.25) is 0 Å². The van der Waals surface area contributed by atoms with Crippen molar-refractivity contribution < 1.29 is 0 Å². The van der Waals surface area contributed by atoms with Crippen molar-refractivity contribution in [2.75, 3.05) is 4.90 Å². The van der Waals surface area contributed by atoms with Gasteiger partial charge in [0.25, 0.3) is 0 Å². The van der Waals surface area contributed by atoms with E-state index in [4.69, 9.17) is 0 Å². The molecule has 0 fully saturated rings. The first-order valence-corrected chi connectivity index (χ1v) is 15.2. The number of anilines is 3. The van der Waals surface area contributed by atoms with Crippen molar-refractivity contribution in [3.8, 4) is 0 Å². The van der Waals surface area contributed by atoms with E-state index in [-0.39, 0.29) is 0 Å². The van der Waals surface area contributed by atoms with Crippen molar-refractivity contribution in [3.05, 3.63) is 183 Å². The molecule has 0 unspecified atom stereocenters. The molecule has 0 aliphatic heterocycles. The van der Waals surface area contributed by atoms with Crippen LogP contribution >= 0.6 is 11.3 Å². The van der Waals surface area contributed by atoms with Crippen molar-refractivity contribution >= 4 is 52.7 Å². The van der Waals surface area contributed by atoms with E-state index >= 15 is 0 Å². The predicted octanol–water partition coefficient (Wildman–Crippen LogP) is 11.5. The highest BCUT2D eigenvalue weighted by Crippen LogP contribution is 2.37. The lowest BCUT2D eigenvalue weighted by Gasteiger charge is -2.27. The van der Waals surface area contributed by atoms with Crippen LogP contribution in [0.2, 0.25) is 0 Å². The van der Waals surface area contributed by atoms with Gasteiger partial charge in [-0.15, -0.1) is 11.3 Å². The Hall–Kier alpha value is -4.92. The fourth-order valence-corrected chi connectivity index (χ4v) is 5.74. The Morgan fingerprint density at radius 1 is 0.524 bits per heavy atom.